The van der Waals surface area contributed by atoms with E-state index in [1.165, 1.54) is 12.1 Å². The Kier molecular flexibility index (Phi) is 5.99. The fourth-order valence-corrected chi connectivity index (χ4v) is 1.71. The van der Waals surface area contributed by atoms with Gasteiger partial charge in [-0.2, -0.15) is 0 Å². The lowest BCUT2D eigenvalue weighted by atomic mass is 10.1. The number of rotatable bonds is 7. The van der Waals surface area contributed by atoms with E-state index < -0.39 is 12.0 Å². The Balaban J connectivity index is 2.30. The zero-order chi connectivity index (χ0) is 14.3. The third-order valence-corrected chi connectivity index (χ3v) is 2.82. The number of carboxylic acids is 1. The van der Waals surface area contributed by atoms with Gasteiger partial charge in [-0.1, -0.05) is 19.1 Å². The molecule has 1 atom stereocenters. The summed E-state index contributed by atoms with van der Waals surface area (Å²) in [7, 11) is 0. The minimum Gasteiger partial charge on any atom is -0.480 e. The molecule has 19 heavy (non-hydrogen) atoms. The van der Waals surface area contributed by atoms with Crippen LogP contribution in [0.15, 0.2) is 24.3 Å². The van der Waals surface area contributed by atoms with Crippen LogP contribution in [0.2, 0.25) is 0 Å². The van der Waals surface area contributed by atoms with E-state index in [0.29, 0.717) is 19.3 Å². The Morgan fingerprint density at radius 1 is 1.32 bits per heavy atom. The molecular weight excluding hydrogens is 249 g/mol. The highest BCUT2D eigenvalue weighted by atomic mass is 19.1. The molecule has 104 valence electrons. The molecule has 1 rings (SSSR count). The fourth-order valence-electron chi connectivity index (χ4n) is 1.71. The molecule has 0 aliphatic rings. The third-order valence-electron chi connectivity index (χ3n) is 2.82. The Bertz CT molecular complexity index is 431. The summed E-state index contributed by atoms with van der Waals surface area (Å²) in [5, 5.41) is 11.3. The van der Waals surface area contributed by atoms with Crippen LogP contribution in [0.1, 0.15) is 31.7 Å². The molecule has 4 nitrogen and oxygen atoms in total. The number of aliphatic carboxylic acids is 1. The minimum atomic E-state index is -1.02. The van der Waals surface area contributed by atoms with E-state index >= 15 is 0 Å². The molecule has 0 bridgehead atoms. The summed E-state index contributed by atoms with van der Waals surface area (Å²) in [6, 6.07) is 5.30. The van der Waals surface area contributed by atoms with E-state index in [1.54, 1.807) is 19.1 Å². The van der Waals surface area contributed by atoms with Crippen molar-refractivity contribution in [3.05, 3.63) is 35.6 Å². The maximum atomic E-state index is 12.7. The minimum absolute atomic E-state index is 0.265. The van der Waals surface area contributed by atoms with Crippen LogP contribution in [0.4, 0.5) is 4.39 Å². The lowest BCUT2D eigenvalue weighted by Crippen LogP contribution is -2.40. The normalized spacial score (nSPS) is 11.9. The molecule has 1 aromatic carbocycles. The first-order valence-corrected chi connectivity index (χ1v) is 6.29. The lowest BCUT2D eigenvalue weighted by Gasteiger charge is -2.11. The van der Waals surface area contributed by atoms with Gasteiger partial charge in [0.15, 0.2) is 0 Å². The molecule has 0 saturated heterocycles. The van der Waals surface area contributed by atoms with Crippen molar-refractivity contribution < 1.29 is 19.1 Å². The van der Waals surface area contributed by atoms with Gasteiger partial charge in [0.2, 0.25) is 5.91 Å². The van der Waals surface area contributed by atoms with Crippen molar-refractivity contribution in [2.75, 3.05) is 0 Å². The fraction of sp³-hybridized carbons (Fsp3) is 0.429. The second-order valence-corrected chi connectivity index (χ2v) is 4.35. The highest BCUT2D eigenvalue weighted by Gasteiger charge is 2.16. The number of carbonyl (C=O) groups excluding carboxylic acids is 1. The van der Waals surface area contributed by atoms with Gasteiger partial charge in [0.05, 0.1) is 0 Å². The lowest BCUT2D eigenvalue weighted by molar-refractivity contribution is -0.141. The van der Waals surface area contributed by atoms with Gasteiger partial charge in [0.25, 0.3) is 0 Å². The predicted molar refractivity (Wildman–Crippen MR) is 69.2 cm³/mol. The molecule has 0 spiro atoms. The molecule has 5 heteroatoms. The Morgan fingerprint density at radius 3 is 2.47 bits per heavy atom. The Hall–Kier alpha value is -1.91. The molecule has 0 heterocycles. The Morgan fingerprint density at radius 2 is 1.95 bits per heavy atom. The van der Waals surface area contributed by atoms with Crippen LogP contribution in [0.3, 0.4) is 0 Å². The molecule has 0 aliphatic carbocycles. The van der Waals surface area contributed by atoms with E-state index in [9.17, 15) is 14.0 Å². The highest BCUT2D eigenvalue weighted by Crippen LogP contribution is 2.07. The summed E-state index contributed by atoms with van der Waals surface area (Å²) < 4.78 is 12.7. The first-order chi connectivity index (χ1) is 9.02. The van der Waals surface area contributed by atoms with E-state index in [2.05, 4.69) is 5.32 Å². The van der Waals surface area contributed by atoms with Crippen LogP contribution in [-0.2, 0) is 16.0 Å². The van der Waals surface area contributed by atoms with Crippen LogP contribution in [0.25, 0.3) is 0 Å². The topological polar surface area (TPSA) is 66.4 Å². The summed E-state index contributed by atoms with van der Waals surface area (Å²) in [5.74, 6) is -1.57. The largest absolute Gasteiger partial charge is 0.480 e. The second-order valence-electron chi connectivity index (χ2n) is 4.35. The van der Waals surface area contributed by atoms with Crippen molar-refractivity contribution in [2.24, 2.45) is 0 Å². The van der Waals surface area contributed by atoms with Gasteiger partial charge in [-0.15, -0.1) is 0 Å². The molecule has 0 aromatic heterocycles. The highest BCUT2D eigenvalue weighted by molar-refractivity contribution is 5.83. The van der Waals surface area contributed by atoms with Gasteiger partial charge in [0.1, 0.15) is 11.9 Å². The molecule has 1 aromatic rings. The van der Waals surface area contributed by atoms with Gasteiger partial charge in [-0.25, -0.2) is 9.18 Å². The maximum absolute atomic E-state index is 12.7. The molecule has 0 aliphatic heterocycles. The first-order valence-electron chi connectivity index (χ1n) is 6.29. The SMILES string of the molecule is CCC(NC(=O)CCCc1ccc(F)cc1)C(=O)O. The number of hydrogen-bond donors (Lipinski definition) is 2. The van der Waals surface area contributed by atoms with Gasteiger partial charge >= 0.3 is 5.97 Å². The number of nitrogens with one attached hydrogen (secondary N) is 1. The Labute approximate surface area is 111 Å². The van der Waals surface area contributed by atoms with Crippen molar-refractivity contribution >= 4 is 11.9 Å². The average molecular weight is 267 g/mol. The number of amides is 1. The molecule has 0 saturated carbocycles. The maximum Gasteiger partial charge on any atom is 0.326 e. The van der Waals surface area contributed by atoms with E-state index in [-0.39, 0.29) is 18.1 Å². The third kappa shape index (κ3) is 5.50. The van der Waals surface area contributed by atoms with Crippen LogP contribution in [-0.4, -0.2) is 23.0 Å². The number of carbonyl (C=O) groups is 2. The monoisotopic (exact) mass is 267 g/mol. The molecule has 1 unspecified atom stereocenters. The van der Waals surface area contributed by atoms with Crippen LogP contribution in [0, 0.1) is 5.82 Å². The van der Waals surface area contributed by atoms with Crippen molar-refractivity contribution in [1.82, 2.24) is 5.32 Å². The summed E-state index contributed by atoms with van der Waals surface area (Å²) in [5.41, 5.74) is 0.958. The van der Waals surface area contributed by atoms with Crippen molar-refractivity contribution in [3.63, 3.8) is 0 Å². The molecule has 0 fully saturated rings. The molecular formula is C14H18FNO3. The van der Waals surface area contributed by atoms with Crippen molar-refractivity contribution in [1.29, 1.82) is 0 Å². The van der Waals surface area contributed by atoms with Gasteiger partial charge < -0.3 is 10.4 Å². The predicted octanol–water partition coefficient (Wildman–Crippen LogP) is 2.13. The van der Waals surface area contributed by atoms with E-state index in [0.717, 1.165) is 5.56 Å². The second kappa shape index (κ2) is 7.51. The number of benzene rings is 1. The quantitative estimate of drug-likeness (QED) is 0.795. The summed E-state index contributed by atoms with van der Waals surface area (Å²) in [6.07, 6.45) is 1.89. The average Bonchev–Trinajstić information content (AvgIpc) is 2.38. The van der Waals surface area contributed by atoms with E-state index in [1.807, 2.05) is 0 Å². The molecule has 1 amide bonds. The van der Waals surface area contributed by atoms with Gasteiger partial charge in [0, 0.05) is 6.42 Å². The van der Waals surface area contributed by atoms with Crippen molar-refractivity contribution in [3.8, 4) is 0 Å². The zero-order valence-electron chi connectivity index (χ0n) is 10.9. The molecule has 2 N–H and O–H groups in total. The van der Waals surface area contributed by atoms with Gasteiger partial charge in [-0.05, 0) is 37.0 Å². The van der Waals surface area contributed by atoms with E-state index in [4.69, 9.17) is 5.11 Å². The number of aryl methyl sites for hydroxylation is 1. The number of carboxylic acid groups (broad SMARTS) is 1. The summed E-state index contributed by atoms with van der Waals surface area (Å²) in [4.78, 5) is 22.3. The van der Waals surface area contributed by atoms with Crippen molar-refractivity contribution in [2.45, 2.75) is 38.6 Å². The number of hydrogen-bond acceptors (Lipinski definition) is 2. The zero-order valence-corrected chi connectivity index (χ0v) is 10.9. The number of halogens is 1. The smallest absolute Gasteiger partial charge is 0.326 e. The summed E-state index contributed by atoms with van der Waals surface area (Å²) >= 11 is 0. The standard InChI is InChI=1S/C14H18FNO3/c1-2-12(14(18)19)16-13(17)5-3-4-10-6-8-11(15)9-7-10/h6-9,12H,2-5H2,1H3,(H,16,17)(H,18,19). The van der Waals surface area contributed by atoms with Crippen LogP contribution < -0.4 is 5.32 Å². The molecule has 0 radical (unpaired) electrons. The van der Waals surface area contributed by atoms with Crippen LogP contribution in [0.5, 0.6) is 0 Å². The van der Waals surface area contributed by atoms with Crippen LogP contribution >= 0.6 is 0 Å². The summed E-state index contributed by atoms with van der Waals surface area (Å²) in [6.45, 7) is 1.71. The van der Waals surface area contributed by atoms with Gasteiger partial charge in [-0.3, -0.25) is 4.79 Å². The first kappa shape index (κ1) is 15.1.